The summed E-state index contributed by atoms with van der Waals surface area (Å²) < 4.78 is 41.0. The zero-order valence-electron chi connectivity index (χ0n) is 33.1. The molecule has 18 heteroatoms. The molecule has 0 saturated heterocycles. The highest BCUT2D eigenvalue weighted by Crippen LogP contribution is 2.35. The summed E-state index contributed by atoms with van der Waals surface area (Å²) in [6, 6.07) is 1.09. The molecule has 2 N–H and O–H groups in total. The number of carbonyl (C=O) groups is 2. The van der Waals surface area contributed by atoms with Gasteiger partial charge in [0.05, 0.1) is 6.42 Å². The van der Waals surface area contributed by atoms with E-state index in [0.29, 0.717) is 43.3 Å². The van der Waals surface area contributed by atoms with Crippen LogP contribution in [0.5, 0.6) is 0 Å². The Morgan fingerprint density at radius 2 is 0.681 bits per heavy atom. The lowest BCUT2D eigenvalue weighted by atomic mass is 9.97. The maximum Gasteiger partial charge on any atom is 0.469 e. The molecule has 0 aromatic rings. The quantitative estimate of drug-likeness (QED) is 0.0762. The van der Waals surface area contributed by atoms with E-state index in [9.17, 15) is 19.8 Å². The maximum atomic E-state index is 12.5. The van der Waals surface area contributed by atoms with Crippen molar-refractivity contribution in [2.24, 2.45) is 0 Å². The Bertz CT molecular complexity index is 914. The van der Waals surface area contributed by atoms with Crippen LogP contribution in [0, 0.1) is 0 Å². The SMILES string of the molecule is C[Si](C)(C)O[Si](CCCC(CCC[Si](O[Si](C)(C)C)(O[Si](C)(C)C)O[Si](C)(C)C)=C(CC(=O)O)C(=O)O)(O[Si](C)(C)C)O[Si](C)(C)C. The number of carboxylic acid groups (broad SMARTS) is 2. The van der Waals surface area contributed by atoms with Gasteiger partial charge < -0.3 is 34.9 Å². The second-order valence-electron chi connectivity index (χ2n) is 18.3. The molecule has 10 nitrogen and oxygen atoms in total. The van der Waals surface area contributed by atoms with Crippen molar-refractivity contribution in [3.05, 3.63) is 11.1 Å². The molecule has 0 spiro atoms. The molecular formula is C29H70O10Si8. The average Bonchev–Trinajstić information content (AvgIpc) is 2.68. The molecule has 0 fully saturated rings. The molecule has 0 radical (unpaired) electrons. The van der Waals surface area contributed by atoms with Gasteiger partial charge in [0.25, 0.3) is 0 Å². The summed E-state index contributed by atoms with van der Waals surface area (Å²) in [6.45, 7) is 38.5. The van der Waals surface area contributed by atoms with E-state index < -0.39 is 85.9 Å². The molecule has 0 heterocycles. The Morgan fingerprint density at radius 3 is 0.851 bits per heavy atom. The van der Waals surface area contributed by atoms with Gasteiger partial charge in [-0.25, -0.2) is 4.79 Å². The number of allylic oxidation sites excluding steroid dienone is 1. The minimum absolute atomic E-state index is 0.0521. The molecule has 0 rings (SSSR count). The van der Waals surface area contributed by atoms with Crippen molar-refractivity contribution < 1.29 is 44.5 Å². The molecule has 0 atom stereocenters. The van der Waals surface area contributed by atoms with Crippen molar-refractivity contribution in [2.75, 3.05) is 0 Å². The molecule has 0 aliphatic carbocycles. The summed E-state index contributed by atoms with van der Waals surface area (Å²) in [5, 5.41) is 19.9. The first kappa shape index (κ1) is 47.2. The molecule has 278 valence electrons. The van der Waals surface area contributed by atoms with Crippen molar-refractivity contribution in [2.45, 2.75) is 162 Å². The van der Waals surface area contributed by atoms with Gasteiger partial charge in [-0.05, 0) is 144 Å². The fourth-order valence-electron chi connectivity index (χ4n) is 5.20. The first-order valence-corrected chi connectivity index (χ1v) is 41.2. The van der Waals surface area contributed by atoms with Crippen molar-refractivity contribution in [1.29, 1.82) is 0 Å². The highest BCUT2D eigenvalue weighted by atomic mass is 28.5. The van der Waals surface area contributed by atoms with Gasteiger partial charge in [0, 0.05) is 17.7 Å². The third-order valence-corrected chi connectivity index (χ3v) is 29.8. The Hall–Kier alpha value is 0.175. The van der Waals surface area contributed by atoms with Crippen LogP contribution in [0.1, 0.15) is 32.1 Å². The molecule has 0 aromatic heterocycles. The lowest BCUT2D eigenvalue weighted by molar-refractivity contribution is -0.139. The predicted octanol–water partition coefficient (Wildman–Crippen LogP) is 9.39. The molecule has 0 unspecified atom stereocenters. The van der Waals surface area contributed by atoms with Gasteiger partial charge in [0.2, 0.25) is 0 Å². The fourth-order valence-corrected chi connectivity index (χ4v) is 34.5. The average molecular weight is 804 g/mol. The zero-order chi connectivity index (χ0) is 37.5. The Morgan fingerprint density at radius 1 is 0.447 bits per heavy atom. The second kappa shape index (κ2) is 17.6. The van der Waals surface area contributed by atoms with Crippen molar-refractivity contribution >= 4 is 79.5 Å². The number of carboxylic acids is 2. The topological polar surface area (TPSA) is 130 Å². The van der Waals surface area contributed by atoms with Crippen LogP contribution in [0.25, 0.3) is 0 Å². The molecule has 0 aromatic carbocycles. The predicted molar refractivity (Wildman–Crippen MR) is 213 cm³/mol. The maximum absolute atomic E-state index is 12.5. The number of hydrogen-bond acceptors (Lipinski definition) is 8. The Labute approximate surface area is 295 Å². The number of hydrogen-bond donors (Lipinski definition) is 2. The smallest absolute Gasteiger partial charge is 0.469 e. The monoisotopic (exact) mass is 802 g/mol. The normalized spacial score (nSPS) is 14.3. The van der Waals surface area contributed by atoms with Gasteiger partial charge in [0.15, 0.2) is 49.9 Å². The highest BCUT2D eigenvalue weighted by Gasteiger charge is 2.51. The summed E-state index contributed by atoms with van der Waals surface area (Å²) in [7, 11) is -18.8. The minimum atomic E-state index is -3.14. The van der Waals surface area contributed by atoms with E-state index >= 15 is 0 Å². The van der Waals surface area contributed by atoms with Crippen LogP contribution in [0.15, 0.2) is 11.1 Å². The number of rotatable bonds is 23. The van der Waals surface area contributed by atoms with Crippen LogP contribution < -0.4 is 0 Å². The van der Waals surface area contributed by atoms with Crippen LogP contribution in [-0.2, 0) is 34.3 Å². The summed E-state index contributed by atoms with van der Waals surface area (Å²) in [5.41, 5.74) is 0.581. The van der Waals surface area contributed by atoms with Crippen LogP contribution in [0.3, 0.4) is 0 Å². The van der Waals surface area contributed by atoms with Gasteiger partial charge in [-0.1, -0.05) is 5.57 Å². The summed E-state index contributed by atoms with van der Waals surface area (Å²) >= 11 is 0. The van der Waals surface area contributed by atoms with E-state index in [1.807, 2.05) is 0 Å². The minimum Gasteiger partial charge on any atom is -0.481 e. The third-order valence-electron chi connectivity index (χ3n) is 5.71. The summed E-state index contributed by atoms with van der Waals surface area (Å²) in [5.74, 6) is -2.36. The van der Waals surface area contributed by atoms with Crippen LogP contribution >= 0.6 is 0 Å². The van der Waals surface area contributed by atoms with Gasteiger partial charge in [-0.15, -0.1) is 0 Å². The largest absolute Gasteiger partial charge is 0.481 e. The van der Waals surface area contributed by atoms with Crippen molar-refractivity contribution in [3.8, 4) is 0 Å². The van der Waals surface area contributed by atoms with Crippen LogP contribution in [0.4, 0.5) is 0 Å². The molecule has 0 saturated carbocycles. The van der Waals surface area contributed by atoms with Gasteiger partial charge in [-0.2, -0.15) is 0 Å². The molecule has 47 heavy (non-hydrogen) atoms. The standard InChI is InChI=1S/C29H70O10Si8/c1-40(2,3)34-46(35-41(4,5)6,36-42(7,8)9)23-19-21-26(27(29(32)33)25-28(30)31)22-20-24-47(37-43(10,11)12,38-44(13,14)15)39-45(16,17)18/h19-25H2,1-18H3,(H,30,31)(H,32,33). The van der Waals surface area contributed by atoms with E-state index in [0.717, 1.165) is 0 Å². The van der Waals surface area contributed by atoms with Crippen molar-refractivity contribution in [3.63, 3.8) is 0 Å². The number of aliphatic carboxylic acids is 2. The summed E-state index contributed by atoms with van der Waals surface area (Å²) in [6.07, 6.45) is 1.43. The lowest BCUT2D eigenvalue weighted by Gasteiger charge is -2.43. The highest BCUT2D eigenvalue weighted by molar-refractivity contribution is 6.91. The molecule has 0 bridgehead atoms. The molecule has 0 amide bonds. The second-order valence-corrected chi connectivity index (χ2v) is 52.3. The van der Waals surface area contributed by atoms with Gasteiger partial charge >= 0.3 is 29.5 Å². The van der Waals surface area contributed by atoms with Crippen molar-refractivity contribution in [1.82, 2.24) is 0 Å². The van der Waals surface area contributed by atoms with E-state index in [1.165, 1.54) is 0 Å². The van der Waals surface area contributed by atoms with E-state index in [1.54, 1.807) is 0 Å². The van der Waals surface area contributed by atoms with E-state index in [4.69, 9.17) is 24.7 Å². The molecule has 0 aliphatic heterocycles. The zero-order valence-corrected chi connectivity index (χ0v) is 41.1. The van der Waals surface area contributed by atoms with Crippen LogP contribution in [0.2, 0.25) is 130 Å². The van der Waals surface area contributed by atoms with Crippen LogP contribution in [-0.4, -0.2) is 89.7 Å². The Balaban J connectivity index is 6.72. The van der Waals surface area contributed by atoms with Gasteiger partial charge in [0.1, 0.15) is 0 Å². The van der Waals surface area contributed by atoms with E-state index in [-0.39, 0.29) is 5.57 Å². The van der Waals surface area contributed by atoms with E-state index in [2.05, 4.69) is 118 Å². The Kier molecular flexibility index (Phi) is 17.7. The fraction of sp³-hybridized carbons (Fsp3) is 0.862. The first-order valence-electron chi connectivity index (χ1n) is 16.9. The summed E-state index contributed by atoms with van der Waals surface area (Å²) in [4.78, 5) is 24.4. The lowest BCUT2D eigenvalue weighted by Crippen LogP contribution is -2.60. The molecular weight excluding hydrogens is 733 g/mol. The molecule has 0 aliphatic rings. The van der Waals surface area contributed by atoms with Gasteiger partial charge in [-0.3, -0.25) is 4.79 Å². The first-order chi connectivity index (χ1) is 20.6. The third kappa shape index (κ3) is 23.3.